The van der Waals surface area contributed by atoms with Gasteiger partial charge in [-0.15, -0.1) is 11.6 Å². The summed E-state index contributed by atoms with van der Waals surface area (Å²) in [5.41, 5.74) is 0.296. The van der Waals surface area contributed by atoms with Crippen molar-refractivity contribution in [2.75, 3.05) is 0 Å². The maximum absolute atomic E-state index is 11.5. The van der Waals surface area contributed by atoms with Crippen molar-refractivity contribution in [2.45, 2.75) is 18.7 Å². The van der Waals surface area contributed by atoms with Crippen molar-refractivity contribution in [3.63, 3.8) is 0 Å². The van der Waals surface area contributed by atoms with E-state index in [9.17, 15) is 9.90 Å². The molecular formula is C10H11ClO2. The van der Waals surface area contributed by atoms with Crippen molar-refractivity contribution in [3.8, 4) is 5.75 Å². The molecule has 0 aliphatic carbocycles. The van der Waals surface area contributed by atoms with Gasteiger partial charge >= 0.3 is 0 Å². The van der Waals surface area contributed by atoms with Crippen LogP contribution in [0.3, 0.4) is 0 Å². The molecule has 0 aromatic heterocycles. The number of phenols is 1. The Morgan fingerprint density at radius 2 is 2.15 bits per heavy atom. The summed E-state index contributed by atoms with van der Waals surface area (Å²) in [6, 6.07) is 6.42. The molecule has 1 aromatic carbocycles. The molecule has 0 bridgehead atoms. The molecule has 1 rings (SSSR count). The highest BCUT2D eigenvalue weighted by atomic mass is 35.5. The lowest BCUT2D eigenvalue weighted by Crippen LogP contribution is -2.13. The van der Waals surface area contributed by atoms with E-state index in [0.717, 1.165) is 0 Å². The van der Waals surface area contributed by atoms with Gasteiger partial charge < -0.3 is 5.11 Å². The molecule has 2 nitrogen and oxygen atoms in total. The van der Waals surface area contributed by atoms with E-state index in [2.05, 4.69) is 0 Å². The molecule has 0 spiro atoms. The molecule has 1 aromatic rings. The number of phenolic OH excluding ortho intramolecular Hbond substituents is 1. The molecule has 0 fully saturated rings. The third-order valence-corrected chi connectivity index (χ3v) is 2.32. The summed E-state index contributed by atoms with van der Waals surface area (Å²) in [6.45, 7) is 1.83. The zero-order chi connectivity index (χ0) is 9.84. The zero-order valence-corrected chi connectivity index (χ0v) is 8.08. The summed E-state index contributed by atoms with van der Waals surface area (Å²) in [5.74, 6) is -0.228. The lowest BCUT2D eigenvalue weighted by atomic mass is 10.1. The first kappa shape index (κ1) is 10.1. The quantitative estimate of drug-likeness (QED) is 0.599. The standard InChI is InChI=1S/C10H11ClO2/c1-2-8(11)10(13)7-5-3-4-6-9(7)12/h3-6,8,12H,2H2,1H3. The Morgan fingerprint density at radius 3 is 2.69 bits per heavy atom. The number of aromatic hydroxyl groups is 1. The van der Waals surface area contributed by atoms with Gasteiger partial charge in [0.15, 0.2) is 5.78 Å². The fourth-order valence-corrected chi connectivity index (χ4v) is 1.15. The van der Waals surface area contributed by atoms with Crippen LogP contribution in [0.2, 0.25) is 0 Å². The minimum Gasteiger partial charge on any atom is -0.507 e. The maximum Gasteiger partial charge on any atom is 0.184 e. The van der Waals surface area contributed by atoms with Crippen LogP contribution in [0.4, 0.5) is 0 Å². The first-order chi connectivity index (χ1) is 6.16. The van der Waals surface area contributed by atoms with E-state index in [1.807, 2.05) is 6.92 Å². The van der Waals surface area contributed by atoms with Crippen LogP contribution in [0.5, 0.6) is 5.75 Å². The average Bonchev–Trinajstić information content (AvgIpc) is 2.16. The fourth-order valence-electron chi connectivity index (χ4n) is 1.04. The van der Waals surface area contributed by atoms with E-state index in [1.165, 1.54) is 6.07 Å². The normalized spacial score (nSPS) is 12.5. The molecule has 0 aliphatic heterocycles. The Bertz CT molecular complexity index is 310. The molecule has 0 radical (unpaired) electrons. The highest BCUT2D eigenvalue weighted by Crippen LogP contribution is 2.20. The van der Waals surface area contributed by atoms with E-state index in [0.29, 0.717) is 12.0 Å². The minimum atomic E-state index is -0.548. The van der Waals surface area contributed by atoms with Gasteiger partial charge in [0.1, 0.15) is 5.75 Å². The number of rotatable bonds is 3. The summed E-state index contributed by atoms with van der Waals surface area (Å²) in [5, 5.41) is 8.80. The topological polar surface area (TPSA) is 37.3 Å². The van der Waals surface area contributed by atoms with Crippen LogP contribution in [0.25, 0.3) is 0 Å². The number of alkyl halides is 1. The summed E-state index contributed by atoms with van der Waals surface area (Å²) in [6.07, 6.45) is 0.564. The van der Waals surface area contributed by atoms with Crippen molar-refractivity contribution in [2.24, 2.45) is 0 Å². The van der Waals surface area contributed by atoms with Crippen LogP contribution in [0, 0.1) is 0 Å². The van der Waals surface area contributed by atoms with Gasteiger partial charge in [-0.2, -0.15) is 0 Å². The molecule has 0 heterocycles. The molecular weight excluding hydrogens is 188 g/mol. The number of carbonyl (C=O) groups is 1. The van der Waals surface area contributed by atoms with E-state index in [4.69, 9.17) is 11.6 Å². The van der Waals surface area contributed by atoms with E-state index >= 15 is 0 Å². The van der Waals surface area contributed by atoms with Crippen LogP contribution < -0.4 is 0 Å². The molecule has 1 atom stereocenters. The summed E-state index contributed by atoms with van der Waals surface area (Å²) >= 11 is 5.76. The number of para-hydroxylation sites is 1. The molecule has 1 unspecified atom stereocenters. The van der Waals surface area contributed by atoms with Crippen LogP contribution in [-0.2, 0) is 0 Å². The van der Waals surface area contributed by atoms with E-state index < -0.39 is 5.38 Å². The zero-order valence-electron chi connectivity index (χ0n) is 7.33. The van der Waals surface area contributed by atoms with Crippen molar-refractivity contribution in [1.82, 2.24) is 0 Å². The van der Waals surface area contributed by atoms with Crippen molar-refractivity contribution < 1.29 is 9.90 Å². The van der Waals surface area contributed by atoms with Crippen LogP contribution in [0.15, 0.2) is 24.3 Å². The number of Topliss-reactive ketones (excluding diaryl/α,β-unsaturated/α-hetero) is 1. The van der Waals surface area contributed by atoms with Gasteiger partial charge in [0.25, 0.3) is 0 Å². The second-order valence-corrected chi connectivity index (χ2v) is 3.28. The van der Waals surface area contributed by atoms with Gasteiger partial charge in [-0.25, -0.2) is 0 Å². The SMILES string of the molecule is CCC(Cl)C(=O)c1ccccc1O. The fraction of sp³-hybridized carbons (Fsp3) is 0.300. The molecule has 0 saturated carbocycles. The van der Waals surface area contributed by atoms with Gasteiger partial charge in [0.05, 0.1) is 10.9 Å². The summed E-state index contributed by atoms with van der Waals surface area (Å²) in [4.78, 5) is 11.5. The second kappa shape index (κ2) is 4.28. The molecule has 0 saturated heterocycles. The smallest absolute Gasteiger partial charge is 0.184 e. The molecule has 1 N–H and O–H groups in total. The van der Waals surface area contributed by atoms with E-state index in [-0.39, 0.29) is 11.5 Å². The first-order valence-electron chi connectivity index (χ1n) is 4.13. The van der Waals surface area contributed by atoms with E-state index in [1.54, 1.807) is 18.2 Å². The third kappa shape index (κ3) is 2.22. The molecule has 70 valence electrons. The number of ketones is 1. The number of carbonyl (C=O) groups excluding carboxylic acids is 1. The minimum absolute atomic E-state index is 0.00778. The van der Waals surface area contributed by atoms with Crippen molar-refractivity contribution in [1.29, 1.82) is 0 Å². The van der Waals surface area contributed by atoms with Crippen LogP contribution in [-0.4, -0.2) is 16.3 Å². The number of halogens is 1. The number of hydrogen-bond donors (Lipinski definition) is 1. The largest absolute Gasteiger partial charge is 0.507 e. The van der Waals surface area contributed by atoms with Gasteiger partial charge in [0, 0.05) is 0 Å². The van der Waals surface area contributed by atoms with Crippen molar-refractivity contribution >= 4 is 17.4 Å². The van der Waals surface area contributed by atoms with Crippen molar-refractivity contribution in [3.05, 3.63) is 29.8 Å². The molecule has 0 aliphatic rings. The highest BCUT2D eigenvalue weighted by Gasteiger charge is 2.17. The van der Waals surface area contributed by atoms with Gasteiger partial charge in [-0.1, -0.05) is 19.1 Å². The molecule has 0 amide bonds. The Morgan fingerprint density at radius 1 is 1.54 bits per heavy atom. The Hall–Kier alpha value is -1.02. The number of hydrogen-bond acceptors (Lipinski definition) is 2. The summed E-state index contributed by atoms with van der Waals surface area (Å²) in [7, 11) is 0. The lowest BCUT2D eigenvalue weighted by Gasteiger charge is -2.06. The van der Waals surface area contributed by atoms with Gasteiger partial charge in [-0.05, 0) is 18.6 Å². The Kier molecular flexibility index (Phi) is 3.32. The third-order valence-electron chi connectivity index (χ3n) is 1.81. The maximum atomic E-state index is 11.5. The molecule has 3 heteroatoms. The second-order valence-electron chi connectivity index (χ2n) is 2.76. The van der Waals surface area contributed by atoms with Gasteiger partial charge in [-0.3, -0.25) is 4.79 Å². The van der Waals surface area contributed by atoms with Crippen LogP contribution >= 0.6 is 11.6 Å². The average molecular weight is 199 g/mol. The predicted octanol–water partition coefficient (Wildman–Crippen LogP) is 2.59. The number of benzene rings is 1. The Balaban J connectivity index is 2.95. The predicted molar refractivity (Wildman–Crippen MR) is 52.4 cm³/mol. The van der Waals surface area contributed by atoms with Crippen LogP contribution in [0.1, 0.15) is 23.7 Å². The first-order valence-corrected chi connectivity index (χ1v) is 4.56. The lowest BCUT2D eigenvalue weighted by molar-refractivity contribution is 0.0983. The summed E-state index contributed by atoms with van der Waals surface area (Å²) < 4.78 is 0. The highest BCUT2D eigenvalue weighted by molar-refractivity contribution is 6.34. The monoisotopic (exact) mass is 198 g/mol. The molecule has 13 heavy (non-hydrogen) atoms. The Labute approximate surface area is 82.2 Å². The van der Waals surface area contributed by atoms with Gasteiger partial charge in [0.2, 0.25) is 0 Å².